The van der Waals surface area contributed by atoms with Gasteiger partial charge in [0, 0.05) is 11.9 Å². The van der Waals surface area contributed by atoms with Crippen LogP contribution in [0.2, 0.25) is 0 Å². The highest BCUT2D eigenvalue weighted by Crippen LogP contribution is 2.26. The van der Waals surface area contributed by atoms with Crippen LogP contribution in [-0.4, -0.2) is 4.98 Å². The number of H-pyrrole nitrogens is 1. The normalized spacial score (nSPS) is 10.9. The molecule has 1 aromatic carbocycles. The largest absolute Gasteiger partial charge is 0.361 e. The minimum Gasteiger partial charge on any atom is -0.361 e. The molecule has 0 saturated heterocycles. The fourth-order valence-corrected chi connectivity index (χ4v) is 4.06. The van der Waals surface area contributed by atoms with Gasteiger partial charge in [-0.1, -0.05) is 106 Å². The van der Waals surface area contributed by atoms with E-state index in [0.29, 0.717) is 5.92 Å². The Morgan fingerprint density at radius 1 is 0.952 bits per heavy atom. The van der Waals surface area contributed by atoms with E-state index >= 15 is 0 Å². The molecule has 1 aliphatic carbocycles. The summed E-state index contributed by atoms with van der Waals surface area (Å²) in [6.45, 7) is 47.6. The third-order valence-electron chi connectivity index (χ3n) is 6.75. The van der Waals surface area contributed by atoms with Crippen molar-refractivity contribution in [2.45, 2.75) is 87.5 Å². The van der Waals surface area contributed by atoms with Crippen molar-refractivity contribution in [3.63, 3.8) is 0 Å². The fraction of sp³-hybridized carbons (Fsp3) is 0.317. The number of aryl methyl sites for hydroxylation is 2. The topological polar surface area (TPSA) is 15.8 Å². The number of hydrogen-bond donors (Lipinski definition) is 1. The SMILES string of the molecule is C=C.C=C(C)C(=C)c1[nH]cc(C)c1C.C=C(C)c1ccc(C(C)C)c(CC)c1.C=CC.C=CCC1=CC=C(C(=C)C)C1. The molecule has 0 fully saturated rings. The van der Waals surface area contributed by atoms with Gasteiger partial charge in [-0.3, -0.25) is 0 Å². The van der Waals surface area contributed by atoms with Gasteiger partial charge in [-0.25, -0.2) is 0 Å². The number of hydrogen-bond acceptors (Lipinski definition) is 0. The zero-order valence-electron chi connectivity index (χ0n) is 28.5. The zero-order valence-corrected chi connectivity index (χ0v) is 28.5. The summed E-state index contributed by atoms with van der Waals surface area (Å²) >= 11 is 0. The third kappa shape index (κ3) is 14.2. The Hall–Kier alpha value is -3.84. The predicted octanol–water partition coefficient (Wildman–Crippen LogP) is 13.0. The van der Waals surface area contributed by atoms with Crippen molar-refractivity contribution in [2.75, 3.05) is 0 Å². The van der Waals surface area contributed by atoms with E-state index in [1.54, 1.807) is 6.08 Å². The maximum absolute atomic E-state index is 3.98. The van der Waals surface area contributed by atoms with Gasteiger partial charge in [-0.2, -0.15) is 0 Å². The quantitative estimate of drug-likeness (QED) is 0.242. The van der Waals surface area contributed by atoms with Crippen LogP contribution in [0.1, 0.15) is 101 Å². The van der Waals surface area contributed by atoms with Gasteiger partial charge in [0.25, 0.3) is 0 Å². The Morgan fingerprint density at radius 2 is 1.52 bits per heavy atom. The maximum atomic E-state index is 3.98. The van der Waals surface area contributed by atoms with E-state index in [-0.39, 0.29) is 0 Å². The van der Waals surface area contributed by atoms with E-state index in [4.69, 9.17) is 0 Å². The summed E-state index contributed by atoms with van der Waals surface area (Å²) in [4.78, 5) is 3.19. The standard InChI is InChI=1S/C14H20.C11H15N.C11H14.C3H6.C2H4/c1-6-12-9-13(10(2)3)7-8-14(12)11(4)5;1-7(2)9(4)11-10(5)8(3)6-12-11;1-4-5-10-6-7-11(8-10)9(2)3;1-3-2;1-2/h7-9,11H,2,6H2,1,3-5H3;6,12H,1,4H2,2-3,5H3;4,6-7H,1-2,5,8H2,3H3;3H,1H2,2H3;1-2H2. The number of benzene rings is 1. The highest BCUT2D eigenvalue weighted by Gasteiger charge is 2.08. The summed E-state index contributed by atoms with van der Waals surface area (Å²) in [6.07, 6.45) is 13.2. The van der Waals surface area contributed by atoms with Gasteiger partial charge in [0.05, 0.1) is 0 Å². The van der Waals surface area contributed by atoms with Crippen LogP contribution in [0.3, 0.4) is 0 Å². The maximum Gasteiger partial charge on any atom is 0.0482 e. The molecule has 0 bridgehead atoms. The highest BCUT2D eigenvalue weighted by molar-refractivity contribution is 5.76. The predicted molar refractivity (Wildman–Crippen MR) is 196 cm³/mol. The molecule has 0 aliphatic heterocycles. The second-order valence-corrected chi connectivity index (χ2v) is 10.8. The Bertz CT molecular complexity index is 1270. The van der Waals surface area contributed by atoms with Crippen LogP contribution >= 0.6 is 0 Å². The van der Waals surface area contributed by atoms with Gasteiger partial charge < -0.3 is 4.98 Å². The Morgan fingerprint density at radius 3 is 1.88 bits per heavy atom. The molecule has 0 unspecified atom stereocenters. The number of rotatable bonds is 8. The number of aromatic nitrogens is 1. The van der Waals surface area contributed by atoms with E-state index in [2.05, 4.69) is 136 Å². The van der Waals surface area contributed by atoms with Crippen LogP contribution in [0.4, 0.5) is 0 Å². The molecule has 1 aliphatic rings. The average molecular weight is 566 g/mol. The molecule has 1 heterocycles. The first-order valence-electron chi connectivity index (χ1n) is 14.8. The van der Waals surface area contributed by atoms with E-state index < -0.39 is 0 Å². The van der Waals surface area contributed by atoms with Gasteiger partial charge in [0.2, 0.25) is 0 Å². The van der Waals surface area contributed by atoms with Gasteiger partial charge in [0.15, 0.2) is 0 Å². The molecule has 1 aromatic heterocycles. The molecule has 0 spiro atoms. The Balaban J connectivity index is 0. The first-order chi connectivity index (χ1) is 19.7. The summed E-state index contributed by atoms with van der Waals surface area (Å²) in [7, 11) is 0. The lowest BCUT2D eigenvalue weighted by Gasteiger charge is -2.13. The molecule has 0 atom stereocenters. The molecular formula is C41H59N. The van der Waals surface area contributed by atoms with Crippen molar-refractivity contribution in [1.29, 1.82) is 0 Å². The van der Waals surface area contributed by atoms with E-state index in [0.717, 1.165) is 41.7 Å². The smallest absolute Gasteiger partial charge is 0.0482 e. The zero-order chi connectivity index (χ0) is 33.0. The van der Waals surface area contributed by atoms with E-state index in [9.17, 15) is 0 Å². The van der Waals surface area contributed by atoms with Crippen LogP contribution < -0.4 is 0 Å². The average Bonchev–Trinajstić information content (AvgIpc) is 3.56. The van der Waals surface area contributed by atoms with Crippen LogP contribution in [0.5, 0.6) is 0 Å². The molecule has 1 nitrogen and oxygen atoms in total. The van der Waals surface area contributed by atoms with E-state index in [1.165, 1.54) is 44.5 Å². The molecule has 0 saturated carbocycles. The lowest BCUT2D eigenvalue weighted by molar-refractivity contribution is 0.844. The van der Waals surface area contributed by atoms with Crippen molar-refractivity contribution >= 4 is 11.1 Å². The van der Waals surface area contributed by atoms with Gasteiger partial charge in [0.1, 0.15) is 0 Å². The molecule has 0 amide bonds. The lowest BCUT2D eigenvalue weighted by Crippen LogP contribution is -1.96. The van der Waals surface area contributed by atoms with Gasteiger partial charge >= 0.3 is 0 Å². The summed E-state index contributed by atoms with van der Waals surface area (Å²) < 4.78 is 0. The number of allylic oxidation sites excluding steroid dienone is 10. The molecular weight excluding hydrogens is 506 g/mol. The number of nitrogens with one attached hydrogen (secondary N) is 1. The lowest BCUT2D eigenvalue weighted by atomic mass is 9.92. The van der Waals surface area contributed by atoms with E-state index in [1.807, 2.05) is 26.1 Å². The molecule has 1 N–H and O–H groups in total. The van der Waals surface area contributed by atoms with Crippen molar-refractivity contribution < 1.29 is 0 Å². The first-order valence-corrected chi connectivity index (χ1v) is 14.8. The summed E-state index contributed by atoms with van der Waals surface area (Å²) in [5, 5.41) is 0. The van der Waals surface area contributed by atoms with Crippen LogP contribution in [0, 0.1) is 13.8 Å². The Kier molecular flexibility index (Phi) is 21.0. The van der Waals surface area contributed by atoms with Crippen LogP contribution in [0.25, 0.3) is 11.1 Å². The van der Waals surface area contributed by atoms with Crippen molar-refractivity contribution in [3.8, 4) is 0 Å². The van der Waals surface area contributed by atoms with Crippen molar-refractivity contribution in [3.05, 3.63) is 157 Å². The molecule has 3 rings (SSSR count). The van der Waals surface area contributed by atoms with Crippen LogP contribution in [-0.2, 0) is 6.42 Å². The minimum absolute atomic E-state index is 0.615. The Labute approximate surface area is 260 Å². The molecule has 1 heteroatoms. The monoisotopic (exact) mass is 565 g/mol. The van der Waals surface area contributed by atoms with Gasteiger partial charge in [-0.05, 0) is 111 Å². The minimum atomic E-state index is 0.615. The second-order valence-electron chi connectivity index (χ2n) is 10.8. The fourth-order valence-electron chi connectivity index (χ4n) is 4.06. The molecule has 2 aromatic rings. The molecule has 228 valence electrons. The molecule has 42 heavy (non-hydrogen) atoms. The van der Waals surface area contributed by atoms with Gasteiger partial charge in [-0.15, -0.1) is 26.3 Å². The number of aromatic amines is 1. The first kappa shape index (κ1) is 40.3. The van der Waals surface area contributed by atoms with Crippen LogP contribution in [0.15, 0.2) is 124 Å². The summed E-state index contributed by atoms with van der Waals surface area (Å²) in [5.74, 6) is 0.615. The summed E-state index contributed by atoms with van der Waals surface area (Å²) in [5.41, 5.74) is 15.0. The third-order valence-corrected chi connectivity index (χ3v) is 6.75. The van der Waals surface area contributed by atoms with Crippen molar-refractivity contribution in [2.24, 2.45) is 0 Å². The second kappa shape index (κ2) is 21.8. The highest BCUT2D eigenvalue weighted by atomic mass is 14.7. The molecule has 0 radical (unpaired) electrons. The van der Waals surface area contributed by atoms with Crippen molar-refractivity contribution in [1.82, 2.24) is 4.98 Å². The summed E-state index contributed by atoms with van der Waals surface area (Å²) in [6, 6.07) is 6.70.